The molecule has 5 aliphatic rings. The number of piperidine rings is 2. The van der Waals surface area contributed by atoms with E-state index in [0.29, 0.717) is 22.6 Å². The van der Waals surface area contributed by atoms with Crippen molar-refractivity contribution in [1.29, 1.82) is 0 Å². The van der Waals surface area contributed by atoms with E-state index in [1.165, 1.54) is 12.8 Å². The fourth-order valence-corrected chi connectivity index (χ4v) is 7.63. The van der Waals surface area contributed by atoms with Crippen molar-refractivity contribution in [3.8, 4) is 0 Å². The number of non-ortho nitro benzene ring substituents is 1. The molecule has 2 aromatic rings. The Labute approximate surface area is 248 Å². The Morgan fingerprint density at radius 1 is 0.791 bits per heavy atom. The van der Waals surface area contributed by atoms with Crippen molar-refractivity contribution in [1.82, 2.24) is 15.1 Å². The van der Waals surface area contributed by atoms with Crippen molar-refractivity contribution < 1.29 is 24.1 Å². The minimum Gasteiger partial charge on any atom is -0.371 e. The van der Waals surface area contributed by atoms with Crippen LogP contribution in [0.25, 0.3) is 0 Å². The maximum atomic E-state index is 13.2. The molecule has 4 aliphatic heterocycles. The molecule has 0 radical (unpaired) electrons. The number of fused-ring (bicyclic) bond motifs is 1. The van der Waals surface area contributed by atoms with Crippen LogP contribution in [0, 0.1) is 15.5 Å². The van der Waals surface area contributed by atoms with Gasteiger partial charge in [-0.1, -0.05) is 0 Å². The predicted octanol–water partition coefficient (Wildman–Crippen LogP) is 2.57. The van der Waals surface area contributed by atoms with Gasteiger partial charge in [-0.05, 0) is 67.9 Å². The van der Waals surface area contributed by atoms with Crippen LogP contribution < -0.4 is 15.1 Å². The molecule has 12 nitrogen and oxygen atoms in total. The molecule has 12 heteroatoms. The van der Waals surface area contributed by atoms with Gasteiger partial charge in [0.15, 0.2) is 0 Å². The molecule has 1 aliphatic carbocycles. The fraction of sp³-hybridized carbons (Fsp3) is 0.484. The van der Waals surface area contributed by atoms with E-state index in [-0.39, 0.29) is 29.4 Å². The molecule has 1 N–H and O–H groups in total. The molecule has 4 heterocycles. The van der Waals surface area contributed by atoms with Gasteiger partial charge in [0.2, 0.25) is 11.8 Å². The van der Waals surface area contributed by atoms with E-state index in [0.717, 1.165) is 68.4 Å². The highest BCUT2D eigenvalue weighted by Gasteiger charge is 2.49. The summed E-state index contributed by atoms with van der Waals surface area (Å²) in [6, 6.07) is 11.8. The van der Waals surface area contributed by atoms with Gasteiger partial charge in [0.05, 0.1) is 16.1 Å². The predicted molar refractivity (Wildman–Crippen MR) is 157 cm³/mol. The number of anilines is 2. The molecule has 0 aromatic heterocycles. The van der Waals surface area contributed by atoms with Crippen LogP contribution in [-0.4, -0.2) is 89.7 Å². The van der Waals surface area contributed by atoms with Gasteiger partial charge in [-0.15, -0.1) is 0 Å². The number of nitro benzene ring substituents is 1. The molecule has 1 atom stereocenters. The highest BCUT2D eigenvalue weighted by molar-refractivity contribution is 6.23. The van der Waals surface area contributed by atoms with Crippen LogP contribution in [0.5, 0.6) is 0 Å². The van der Waals surface area contributed by atoms with Crippen LogP contribution >= 0.6 is 0 Å². The normalized spacial score (nSPS) is 24.3. The Balaban J connectivity index is 0.920. The average Bonchev–Trinajstić information content (AvgIpc) is 3.25. The molecule has 7 rings (SSSR count). The molecule has 3 saturated heterocycles. The number of nitro groups is 1. The lowest BCUT2D eigenvalue weighted by Crippen LogP contribution is -2.59. The van der Waals surface area contributed by atoms with Crippen molar-refractivity contribution in [3.63, 3.8) is 0 Å². The standard InChI is InChI=1S/C31H34N6O6/c38-27-8-7-26(28(39)32-27)36-29(40)24-6-5-22(17-25(24)30(36)41)33-11-9-31(10-12-33)18-23(19-31)35-15-13-34(14-16-35)20-1-3-21(4-2-20)37(42)43/h1-6,17,23,26H,7-16,18-19H2,(H,32,38,39). The van der Waals surface area contributed by atoms with Crippen LogP contribution in [-0.2, 0) is 9.59 Å². The number of hydrogen-bond donors (Lipinski definition) is 1. The minimum atomic E-state index is -0.958. The first-order chi connectivity index (χ1) is 20.7. The second-order valence-electron chi connectivity index (χ2n) is 12.5. The van der Waals surface area contributed by atoms with Gasteiger partial charge < -0.3 is 9.80 Å². The van der Waals surface area contributed by atoms with Crippen LogP contribution in [0.4, 0.5) is 17.1 Å². The number of hydrogen-bond acceptors (Lipinski definition) is 9. The molecule has 1 unspecified atom stereocenters. The van der Waals surface area contributed by atoms with E-state index in [4.69, 9.17) is 0 Å². The number of rotatable bonds is 5. The van der Waals surface area contributed by atoms with Gasteiger partial charge >= 0.3 is 0 Å². The summed E-state index contributed by atoms with van der Waals surface area (Å²) in [7, 11) is 0. The maximum Gasteiger partial charge on any atom is 0.269 e. The zero-order valence-corrected chi connectivity index (χ0v) is 23.9. The lowest BCUT2D eigenvalue weighted by Gasteiger charge is -2.56. The number of nitrogens with one attached hydrogen (secondary N) is 1. The highest BCUT2D eigenvalue weighted by atomic mass is 16.6. The quantitative estimate of drug-likeness (QED) is 0.318. The lowest BCUT2D eigenvalue weighted by atomic mass is 9.60. The zero-order valence-electron chi connectivity index (χ0n) is 23.9. The first-order valence-electron chi connectivity index (χ1n) is 15.1. The van der Waals surface area contributed by atoms with Crippen molar-refractivity contribution in [2.45, 2.75) is 50.6 Å². The summed E-state index contributed by atoms with van der Waals surface area (Å²) in [5.74, 6) is -1.94. The summed E-state index contributed by atoms with van der Waals surface area (Å²) >= 11 is 0. The van der Waals surface area contributed by atoms with Crippen molar-refractivity contribution in [2.75, 3.05) is 49.1 Å². The second kappa shape index (κ2) is 10.4. The Bertz CT molecular complexity index is 1500. The number of nitrogens with zero attached hydrogens (tertiary/aromatic N) is 5. The van der Waals surface area contributed by atoms with Crippen molar-refractivity contribution in [2.24, 2.45) is 5.41 Å². The van der Waals surface area contributed by atoms with Gasteiger partial charge in [-0.2, -0.15) is 0 Å². The van der Waals surface area contributed by atoms with Gasteiger partial charge in [0.25, 0.3) is 17.5 Å². The Morgan fingerprint density at radius 2 is 1.42 bits per heavy atom. The molecule has 1 saturated carbocycles. The van der Waals surface area contributed by atoms with Gasteiger partial charge in [0.1, 0.15) is 6.04 Å². The monoisotopic (exact) mass is 586 g/mol. The summed E-state index contributed by atoms with van der Waals surface area (Å²) in [6.45, 7) is 5.57. The van der Waals surface area contributed by atoms with E-state index in [9.17, 15) is 29.3 Å². The van der Waals surface area contributed by atoms with E-state index in [1.54, 1.807) is 24.3 Å². The van der Waals surface area contributed by atoms with Crippen LogP contribution in [0.1, 0.15) is 59.2 Å². The Hall–Kier alpha value is -4.32. The number of imide groups is 2. The third-order valence-corrected chi connectivity index (χ3v) is 10.2. The van der Waals surface area contributed by atoms with Crippen LogP contribution in [0.15, 0.2) is 42.5 Å². The number of carbonyl (C=O) groups is 4. The lowest BCUT2D eigenvalue weighted by molar-refractivity contribution is -0.384. The minimum absolute atomic E-state index is 0.101. The average molecular weight is 587 g/mol. The van der Waals surface area contributed by atoms with Gasteiger partial charge in [-0.25, -0.2) is 0 Å². The molecule has 4 fully saturated rings. The number of carbonyl (C=O) groups excluding carboxylic acids is 4. The SMILES string of the molecule is O=C1CCC(N2C(=O)c3ccc(N4CCC5(CC4)CC(N4CCN(c6ccc([N+](=O)[O-])cc6)CC4)C5)cc3C2=O)C(=O)N1. The Kier molecular flexibility index (Phi) is 6.68. The van der Waals surface area contributed by atoms with E-state index >= 15 is 0 Å². The Morgan fingerprint density at radius 3 is 2.07 bits per heavy atom. The summed E-state index contributed by atoms with van der Waals surface area (Å²) < 4.78 is 0. The topological polar surface area (TPSA) is 136 Å². The van der Waals surface area contributed by atoms with Crippen LogP contribution in [0.3, 0.4) is 0 Å². The van der Waals surface area contributed by atoms with E-state index < -0.39 is 23.8 Å². The highest BCUT2D eigenvalue weighted by Crippen LogP contribution is 2.51. The van der Waals surface area contributed by atoms with Crippen molar-refractivity contribution >= 4 is 40.7 Å². The maximum absolute atomic E-state index is 13.2. The summed E-state index contributed by atoms with van der Waals surface area (Å²) in [5.41, 5.74) is 3.04. The first-order valence-corrected chi connectivity index (χ1v) is 15.1. The van der Waals surface area contributed by atoms with Gasteiger partial charge in [0, 0.05) is 75.2 Å². The molecular formula is C31H34N6O6. The molecule has 224 valence electrons. The molecule has 2 aromatic carbocycles. The molecular weight excluding hydrogens is 552 g/mol. The van der Waals surface area contributed by atoms with E-state index in [1.807, 2.05) is 18.2 Å². The number of benzene rings is 2. The summed E-state index contributed by atoms with van der Waals surface area (Å²) in [5, 5.41) is 13.2. The summed E-state index contributed by atoms with van der Waals surface area (Å²) in [4.78, 5) is 68.9. The number of amides is 4. The smallest absolute Gasteiger partial charge is 0.269 e. The number of piperazine rings is 1. The molecule has 1 spiro atoms. The molecule has 43 heavy (non-hydrogen) atoms. The summed E-state index contributed by atoms with van der Waals surface area (Å²) in [6.07, 6.45) is 4.79. The van der Waals surface area contributed by atoms with Crippen LogP contribution in [0.2, 0.25) is 0 Å². The van der Waals surface area contributed by atoms with Gasteiger partial charge in [-0.3, -0.25) is 44.4 Å². The fourth-order valence-electron chi connectivity index (χ4n) is 7.63. The van der Waals surface area contributed by atoms with E-state index in [2.05, 4.69) is 20.0 Å². The largest absolute Gasteiger partial charge is 0.371 e. The third-order valence-electron chi connectivity index (χ3n) is 10.2. The first kappa shape index (κ1) is 27.5. The molecule has 0 bridgehead atoms. The zero-order chi connectivity index (χ0) is 29.9. The third kappa shape index (κ3) is 4.83. The second-order valence-corrected chi connectivity index (χ2v) is 12.5. The molecule has 4 amide bonds. The van der Waals surface area contributed by atoms with Crippen molar-refractivity contribution in [3.05, 3.63) is 63.7 Å².